The molecule has 1 N–H and O–H groups in total. The molecule has 2 nitrogen and oxygen atoms in total. The second kappa shape index (κ2) is 6.42. The van der Waals surface area contributed by atoms with Gasteiger partial charge in [-0.15, -0.1) is 0 Å². The van der Waals surface area contributed by atoms with E-state index in [1.165, 1.54) is 17.5 Å². The third kappa shape index (κ3) is 3.50. The summed E-state index contributed by atoms with van der Waals surface area (Å²) in [5, 5.41) is 3.68. The minimum absolute atomic E-state index is 0.432. The molecule has 1 aromatic carbocycles. The fourth-order valence-electron chi connectivity index (χ4n) is 2.71. The molecule has 0 amide bonds. The summed E-state index contributed by atoms with van der Waals surface area (Å²) in [6.45, 7) is 9.81. The van der Waals surface area contributed by atoms with E-state index in [1.807, 2.05) is 0 Å². The molecule has 0 spiro atoms. The topological polar surface area (TPSA) is 21.3 Å². The first-order valence-corrected chi connectivity index (χ1v) is 7.64. The number of benzene rings is 1. The summed E-state index contributed by atoms with van der Waals surface area (Å²) in [4.78, 5) is 0. The van der Waals surface area contributed by atoms with Gasteiger partial charge in [-0.2, -0.15) is 0 Å². The zero-order valence-electron chi connectivity index (χ0n) is 12.7. The summed E-state index contributed by atoms with van der Waals surface area (Å²) in [7, 11) is 0. The minimum atomic E-state index is 0.432. The maximum absolute atomic E-state index is 5.89. The SMILES string of the molecule is CCC(C)c1ccc2c(c1)C(NC(C)C)CCCO2. The Bertz CT molecular complexity index is 414. The van der Waals surface area contributed by atoms with E-state index in [9.17, 15) is 0 Å². The van der Waals surface area contributed by atoms with Gasteiger partial charge in [-0.05, 0) is 36.8 Å². The van der Waals surface area contributed by atoms with Crippen LogP contribution in [0.5, 0.6) is 5.75 Å². The highest BCUT2D eigenvalue weighted by atomic mass is 16.5. The lowest BCUT2D eigenvalue weighted by Gasteiger charge is -2.22. The second-order valence-corrected chi connectivity index (χ2v) is 5.97. The van der Waals surface area contributed by atoms with Gasteiger partial charge in [0.15, 0.2) is 0 Å². The van der Waals surface area contributed by atoms with Crippen molar-refractivity contribution in [1.29, 1.82) is 0 Å². The van der Waals surface area contributed by atoms with Crippen LogP contribution < -0.4 is 10.1 Å². The van der Waals surface area contributed by atoms with Crippen molar-refractivity contribution in [2.24, 2.45) is 0 Å². The van der Waals surface area contributed by atoms with E-state index in [4.69, 9.17) is 4.74 Å². The first-order valence-electron chi connectivity index (χ1n) is 7.64. The molecule has 0 radical (unpaired) electrons. The Morgan fingerprint density at radius 2 is 2.11 bits per heavy atom. The van der Waals surface area contributed by atoms with Crippen LogP contribution in [0, 0.1) is 0 Å². The van der Waals surface area contributed by atoms with Crippen LogP contribution in [0.1, 0.15) is 70.0 Å². The first kappa shape index (κ1) is 14.4. The van der Waals surface area contributed by atoms with Crippen molar-refractivity contribution < 1.29 is 4.74 Å². The third-order valence-electron chi connectivity index (χ3n) is 4.02. The second-order valence-electron chi connectivity index (χ2n) is 5.97. The lowest BCUT2D eigenvalue weighted by molar-refractivity contribution is 0.314. The predicted octanol–water partition coefficient (Wildman–Crippen LogP) is 4.41. The molecule has 106 valence electrons. The number of ether oxygens (including phenoxy) is 1. The average Bonchev–Trinajstić information content (AvgIpc) is 2.59. The quantitative estimate of drug-likeness (QED) is 0.866. The third-order valence-corrected chi connectivity index (χ3v) is 4.02. The zero-order chi connectivity index (χ0) is 13.8. The van der Waals surface area contributed by atoms with Crippen LogP contribution in [0.15, 0.2) is 18.2 Å². The van der Waals surface area contributed by atoms with E-state index < -0.39 is 0 Å². The van der Waals surface area contributed by atoms with E-state index in [2.05, 4.69) is 51.2 Å². The maximum Gasteiger partial charge on any atom is 0.124 e. The molecule has 0 bridgehead atoms. The molecule has 1 aromatic rings. The predicted molar refractivity (Wildman–Crippen MR) is 80.9 cm³/mol. The van der Waals surface area contributed by atoms with Crippen LogP contribution in [0.25, 0.3) is 0 Å². The average molecular weight is 261 g/mol. The molecule has 2 rings (SSSR count). The summed E-state index contributed by atoms with van der Waals surface area (Å²) in [6, 6.07) is 7.68. The zero-order valence-corrected chi connectivity index (χ0v) is 12.7. The van der Waals surface area contributed by atoms with Crippen LogP contribution in [-0.2, 0) is 0 Å². The van der Waals surface area contributed by atoms with E-state index in [1.54, 1.807) is 0 Å². The first-order chi connectivity index (χ1) is 9.11. The van der Waals surface area contributed by atoms with E-state index in [-0.39, 0.29) is 0 Å². The normalized spacial score (nSPS) is 20.6. The van der Waals surface area contributed by atoms with E-state index in [0.717, 1.165) is 25.2 Å². The molecule has 0 saturated heterocycles. The van der Waals surface area contributed by atoms with Crippen LogP contribution in [0.3, 0.4) is 0 Å². The lowest BCUT2D eigenvalue weighted by atomic mass is 9.93. The monoisotopic (exact) mass is 261 g/mol. The van der Waals surface area contributed by atoms with Crippen LogP contribution in [0.2, 0.25) is 0 Å². The number of fused-ring (bicyclic) bond motifs is 1. The van der Waals surface area contributed by atoms with Gasteiger partial charge in [0.25, 0.3) is 0 Å². The smallest absolute Gasteiger partial charge is 0.124 e. The van der Waals surface area contributed by atoms with E-state index >= 15 is 0 Å². The Balaban J connectivity index is 2.32. The summed E-state index contributed by atoms with van der Waals surface area (Å²) in [5.74, 6) is 1.69. The molecule has 0 aliphatic carbocycles. The van der Waals surface area contributed by atoms with Crippen molar-refractivity contribution in [3.05, 3.63) is 29.3 Å². The number of hydrogen-bond acceptors (Lipinski definition) is 2. The maximum atomic E-state index is 5.89. The van der Waals surface area contributed by atoms with Gasteiger partial charge in [0.2, 0.25) is 0 Å². The molecule has 0 saturated carbocycles. The molecule has 19 heavy (non-hydrogen) atoms. The molecule has 1 heterocycles. The lowest BCUT2D eigenvalue weighted by Crippen LogP contribution is -2.28. The highest BCUT2D eigenvalue weighted by molar-refractivity contribution is 5.41. The Morgan fingerprint density at radius 1 is 1.32 bits per heavy atom. The van der Waals surface area contributed by atoms with Crippen molar-refractivity contribution in [1.82, 2.24) is 5.32 Å². The van der Waals surface area contributed by atoms with Gasteiger partial charge >= 0.3 is 0 Å². The van der Waals surface area contributed by atoms with Crippen LogP contribution in [0.4, 0.5) is 0 Å². The summed E-state index contributed by atoms with van der Waals surface area (Å²) in [5.41, 5.74) is 2.78. The molecule has 0 fully saturated rings. The molecule has 1 aliphatic rings. The Hall–Kier alpha value is -1.02. The highest BCUT2D eigenvalue weighted by Crippen LogP contribution is 2.34. The van der Waals surface area contributed by atoms with Gasteiger partial charge in [0.05, 0.1) is 6.61 Å². The molecular formula is C17H27NO. The van der Waals surface area contributed by atoms with Gasteiger partial charge in [0.1, 0.15) is 5.75 Å². The molecule has 2 heteroatoms. The number of rotatable bonds is 4. The van der Waals surface area contributed by atoms with Gasteiger partial charge in [-0.3, -0.25) is 0 Å². The van der Waals surface area contributed by atoms with Gasteiger partial charge in [-0.25, -0.2) is 0 Å². The fourth-order valence-corrected chi connectivity index (χ4v) is 2.71. The molecule has 2 unspecified atom stereocenters. The number of hydrogen-bond donors (Lipinski definition) is 1. The van der Waals surface area contributed by atoms with Gasteiger partial charge in [0, 0.05) is 17.6 Å². The van der Waals surface area contributed by atoms with Crippen molar-refractivity contribution in [3.63, 3.8) is 0 Å². The molecule has 2 atom stereocenters. The van der Waals surface area contributed by atoms with Crippen LogP contribution in [-0.4, -0.2) is 12.6 Å². The summed E-state index contributed by atoms with van der Waals surface area (Å²) >= 11 is 0. The molecule has 1 aliphatic heterocycles. The Kier molecular flexibility index (Phi) is 4.87. The number of nitrogens with one attached hydrogen (secondary N) is 1. The highest BCUT2D eigenvalue weighted by Gasteiger charge is 2.21. The van der Waals surface area contributed by atoms with Crippen LogP contribution >= 0.6 is 0 Å². The minimum Gasteiger partial charge on any atom is -0.493 e. The molecular weight excluding hydrogens is 234 g/mol. The van der Waals surface area contributed by atoms with Crippen molar-refractivity contribution in [2.45, 2.75) is 65.0 Å². The summed E-state index contributed by atoms with van der Waals surface area (Å²) < 4.78 is 5.89. The Morgan fingerprint density at radius 3 is 2.79 bits per heavy atom. The largest absolute Gasteiger partial charge is 0.493 e. The van der Waals surface area contributed by atoms with Crippen molar-refractivity contribution in [3.8, 4) is 5.75 Å². The Labute approximate surface area is 117 Å². The molecule has 0 aromatic heterocycles. The van der Waals surface area contributed by atoms with Gasteiger partial charge < -0.3 is 10.1 Å². The standard InChI is InChI=1S/C17H27NO/c1-5-13(4)14-8-9-17-15(11-14)16(18-12(2)3)7-6-10-19-17/h8-9,11-13,16,18H,5-7,10H2,1-4H3. The van der Waals surface area contributed by atoms with Crippen molar-refractivity contribution >= 4 is 0 Å². The van der Waals surface area contributed by atoms with Gasteiger partial charge in [-0.1, -0.05) is 39.8 Å². The van der Waals surface area contributed by atoms with E-state index in [0.29, 0.717) is 18.0 Å². The fraction of sp³-hybridized carbons (Fsp3) is 0.647. The van der Waals surface area contributed by atoms with Crippen molar-refractivity contribution in [2.75, 3.05) is 6.61 Å². The summed E-state index contributed by atoms with van der Waals surface area (Å²) in [6.07, 6.45) is 3.47.